The van der Waals surface area contributed by atoms with Crippen LogP contribution in [0.3, 0.4) is 0 Å². The average molecular weight is 246 g/mol. The van der Waals surface area contributed by atoms with Gasteiger partial charge in [0.2, 0.25) is 0 Å². The summed E-state index contributed by atoms with van der Waals surface area (Å²) in [5.74, 6) is 0.293. The van der Waals surface area contributed by atoms with E-state index in [2.05, 4.69) is 9.84 Å². The van der Waals surface area contributed by atoms with E-state index in [9.17, 15) is 4.79 Å². The first-order valence-corrected chi connectivity index (χ1v) is 5.45. The summed E-state index contributed by atoms with van der Waals surface area (Å²) in [4.78, 5) is 11.4. The van der Waals surface area contributed by atoms with Gasteiger partial charge in [-0.3, -0.25) is 0 Å². The van der Waals surface area contributed by atoms with Crippen LogP contribution in [0.5, 0.6) is 5.75 Å². The van der Waals surface area contributed by atoms with Crippen molar-refractivity contribution < 1.29 is 14.3 Å². The monoisotopic (exact) mass is 246 g/mol. The molecule has 0 fully saturated rings. The van der Waals surface area contributed by atoms with Gasteiger partial charge in [0.15, 0.2) is 5.69 Å². The number of methoxy groups -OCH3 is 2. The number of esters is 1. The van der Waals surface area contributed by atoms with Crippen LogP contribution in [0.4, 0.5) is 0 Å². The molecule has 0 aliphatic carbocycles. The van der Waals surface area contributed by atoms with Crippen molar-refractivity contribution in [1.29, 1.82) is 0 Å². The van der Waals surface area contributed by atoms with Crippen molar-refractivity contribution in [2.75, 3.05) is 14.2 Å². The molecule has 18 heavy (non-hydrogen) atoms. The molecule has 5 nitrogen and oxygen atoms in total. The Morgan fingerprint density at radius 3 is 2.72 bits per heavy atom. The quantitative estimate of drug-likeness (QED) is 0.777. The Balaban J connectivity index is 2.44. The largest absolute Gasteiger partial charge is 0.497 e. The first-order valence-electron chi connectivity index (χ1n) is 5.45. The third kappa shape index (κ3) is 2.20. The van der Waals surface area contributed by atoms with Gasteiger partial charge in [-0.2, -0.15) is 5.10 Å². The Kier molecular flexibility index (Phi) is 3.32. The fraction of sp³-hybridized carbons (Fsp3) is 0.231. The first kappa shape index (κ1) is 12.2. The second-order valence-electron chi connectivity index (χ2n) is 3.78. The van der Waals surface area contributed by atoms with Gasteiger partial charge in [0.25, 0.3) is 0 Å². The molecule has 0 saturated heterocycles. The van der Waals surface area contributed by atoms with Crippen molar-refractivity contribution in [3.8, 4) is 11.4 Å². The van der Waals surface area contributed by atoms with Crippen LogP contribution in [-0.2, 0) is 4.74 Å². The van der Waals surface area contributed by atoms with Crippen molar-refractivity contribution in [1.82, 2.24) is 9.78 Å². The summed E-state index contributed by atoms with van der Waals surface area (Å²) in [6, 6.07) is 9.15. The predicted molar refractivity (Wildman–Crippen MR) is 66.2 cm³/mol. The molecule has 1 aromatic heterocycles. The van der Waals surface area contributed by atoms with Crippen molar-refractivity contribution in [2.24, 2.45) is 0 Å². The summed E-state index contributed by atoms with van der Waals surface area (Å²) in [6.45, 7) is 1.87. The molecule has 0 unspecified atom stereocenters. The molecule has 0 amide bonds. The number of carbonyl (C=O) groups is 1. The highest BCUT2D eigenvalue weighted by Crippen LogP contribution is 2.18. The Morgan fingerprint density at radius 2 is 2.06 bits per heavy atom. The van der Waals surface area contributed by atoms with Crippen molar-refractivity contribution in [3.05, 3.63) is 41.7 Å². The Morgan fingerprint density at radius 1 is 1.28 bits per heavy atom. The normalized spacial score (nSPS) is 10.2. The molecule has 0 spiro atoms. The van der Waals surface area contributed by atoms with E-state index in [1.165, 1.54) is 7.11 Å². The lowest BCUT2D eigenvalue weighted by Gasteiger charge is -2.06. The van der Waals surface area contributed by atoms with Gasteiger partial charge in [-0.1, -0.05) is 6.07 Å². The molecular formula is C13H14N2O3. The molecule has 94 valence electrons. The maximum absolute atomic E-state index is 11.4. The number of aryl methyl sites for hydroxylation is 1. The van der Waals surface area contributed by atoms with Crippen LogP contribution in [0.2, 0.25) is 0 Å². The summed E-state index contributed by atoms with van der Waals surface area (Å²) in [7, 11) is 2.94. The van der Waals surface area contributed by atoms with E-state index in [-0.39, 0.29) is 5.69 Å². The van der Waals surface area contributed by atoms with Gasteiger partial charge < -0.3 is 9.47 Å². The van der Waals surface area contributed by atoms with E-state index in [1.54, 1.807) is 17.9 Å². The maximum atomic E-state index is 11.4. The lowest BCUT2D eigenvalue weighted by molar-refractivity contribution is 0.0593. The second kappa shape index (κ2) is 4.91. The number of rotatable bonds is 3. The number of ether oxygens (including phenoxy) is 2. The van der Waals surface area contributed by atoms with E-state index in [0.717, 1.165) is 17.1 Å². The van der Waals surface area contributed by atoms with E-state index in [0.29, 0.717) is 0 Å². The second-order valence-corrected chi connectivity index (χ2v) is 3.78. The topological polar surface area (TPSA) is 53.4 Å². The highest BCUT2D eigenvalue weighted by Gasteiger charge is 2.13. The molecule has 0 saturated carbocycles. The van der Waals surface area contributed by atoms with Gasteiger partial charge in [-0.25, -0.2) is 9.48 Å². The van der Waals surface area contributed by atoms with Gasteiger partial charge in [-0.15, -0.1) is 0 Å². The molecular weight excluding hydrogens is 232 g/mol. The number of nitrogens with zero attached hydrogens (tertiary/aromatic N) is 2. The summed E-state index contributed by atoms with van der Waals surface area (Å²) < 4.78 is 11.5. The number of benzene rings is 1. The maximum Gasteiger partial charge on any atom is 0.358 e. The molecule has 1 heterocycles. The van der Waals surface area contributed by atoms with E-state index in [4.69, 9.17) is 4.74 Å². The number of hydrogen-bond acceptors (Lipinski definition) is 4. The first-order chi connectivity index (χ1) is 8.65. The van der Waals surface area contributed by atoms with Crippen LogP contribution in [0.25, 0.3) is 5.69 Å². The van der Waals surface area contributed by atoms with Gasteiger partial charge in [0.1, 0.15) is 5.75 Å². The SMILES string of the molecule is COC(=O)c1cc(C)n(-c2cccc(OC)c2)n1. The minimum atomic E-state index is -0.445. The summed E-state index contributed by atoms with van der Waals surface area (Å²) in [5, 5.41) is 4.21. The predicted octanol–water partition coefficient (Wildman–Crippen LogP) is 1.98. The van der Waals surface area contributed by atoms with Gasteiger partial charge >= 0.3 is 5.97 Å². The fourth-order valence-corrected chi connectivity index (χ4v) is 1.68. The van der Waals surface area contributed by atoms with Crippen LogP contribution >= 0.6 is 0 Å². The molecule has 0 bridgehead atoms. The fourth-order valence-electron chi connectivity index (χ4n) is 1.68. The molecule has 0 radical (unpaired) electrons. The third-order valence-electron chi connectivity index (χ3n) is 2.58. The lowest BCUT2D eigenvalue weighted by atomic mass is 10.3. The van der Waals surface area contributed by atoms with Crippen LogP contribution < -0.4 is 4.74 Å². The molecule has 1 aromatic carbocycles. The molecule has 2 rings (SSSR count). The van der Waals surface area contributed by atoms with E-state index >= 15 is 0 Å². The Labute approximate surface area is 105 Å². The van der Waals surface area contributed by atoms with Crippen molar-refractivity contribution in [3.63, 3.8) is 0 Å². The number of aromatic nitrogens is 2. The van der Waals surface area contributed by atoms with Crippen LogP contribution in [0.15, 0.2) is 30.3 Å². The highest BCUT2D eigenvalue weighted by atomic mass is 16.5. The zero-order valence-corrected chi connectivity index (χ0v) is 10.5. The van der Waals surface area contributed by atoms with Crippen molar-refractivity contribution in [2.45, 2.75) is 6.92 Å². The van der Waals surface area contributed by atoms with Gasteiger partial charge in [0, 0.05) is 11.8 Å². The van der Waals surface area contributed by atoms with Crippen LogP contribution in [0, 0.1) is 6.92 Å². The Bertz CT molecular complexity index is 575. The van der Waals surface area contributed by atoms with Gasteiger partial charge in [0.05, 0.1) is 19.9 Å². The summed E-state index contributed by atoms with van der Waals surface area (Å²) in [6.07, 6.45) is 0. The minimum Gasteiger partial charge on any atom is -0.497 e. The smallest absolute Gasteiger partial charge is 0.358 e. The van der Waals surface area contributed by atoms with Crippen LogP contribution in [-0.4, -0.2) is 30.0 Å². The molecule has 0 atom stereocenters. The van der Waals surface area contributed by atoms with Crippen LogP contribution in [0.1, 0.15) is 16.2 Å². The minimum absolute atomic E-state index is 0.290. The molecule has 0 aliphatic rings. The van der Waals surface area contributed by atoms with E-state index in [1.807, 2.05) is 31.2 Å². The number of hydrogen-bond donors (Lipinski definition) is 0. The van der Waals surface area contributed by atoms with E-state index < -0.39 is 5.97 Å². The zero-order valence-electron chi connectivity index (χ0n) is 10.5. The summed E-state index contributed by atoms with van der Waals surface area (Å²) >= 11 is 0. The summed E-state index contributed by atoms with van der Waals surface area (Å²) in [5.41, 5.74) is 1.98. The molecule has 0 aliphatic heterocycles. The standard InChI is InChI=1S/C13H14N2O3/c1-9-7-12(13(16)18-3)14-15(9)10-5-4-6-11(8-10)17-2/h4-8H,1-3H3. The molecule has 5 heteroatoms. The Hall–Kier alpha value is -2.30. The zero-order chi connectivity index (χ0) is 13.1. The third-order valence-corrected chi connectivity index (χ3v) is 2.58. The highest BCUT2D eigenvalue weighted by molar-refractivity contribution is 5.87. The molecule has 0 N–H and O–H groups in total. The van der Waals surface area contributed by atoms with Crippen molar-refractivity contribution >= 4 is 5.97 Å². The average Bonchev–Trinajstić information content (AvgIpc) is 2.80. The van der Waals surface area contributed by atoms with Gasteiger partial charge in [-0.05, 0) is 25.1 Å². The molecule has 2 aromatic rings. The lowest BCUT2D eigenvalue weighted by Crippen LogP contribution is -2.04. The number of carbonyl (C=O) groups excluding carboxylic acids is 1.